The first-order valence-electron chi connectivity index (χ1n) is 6.84. The zero-order valence-corrected chi connectivity index (χ0v) is 13.6. The smallest absolute Gasteiger partial charge is 0.125 e. The van der Waals surface area contributed by atoms with Gasteiger partial charge in [-0.05, 0) is 42.9 Å². The van der Waals surface area contributed by atoms with Crippen molar-refractivity contribution in [2.45, 2.75) is 38.6 Å². The minimum atomic E-state index is 0.476. The van der Waals surface area contributed by atoms with E-state index in [1.165, 1.54) is 18.4 Å². The summed E-state index contributed by atoms with van der Waals surface area (Å²) in [5.74, 6) is 2.94. The Kier molecular flexibility index (Phi) is 3.61. The van der Waals surface area contributed by atoms with E-state index in [1.54, 1.807) is 0 Å². The minimum Gasteiger partial charge on any atom is -0.324 e. The van der Waals surface area contributed by atoms with Gasteiger partial charge in [0.15, 0.2) is 0 Å². The highest BCUT2D eigenvalue weighted by molar-refractivity contribution is 9.10. The maximum Gasteiger partial charge on any atom is 0.125 e. The van der Waals surface area contributed by atoms with Gasteiger partial charge in [0.05, 0.1) is 16.9 Å². The minimum absolute atomic E-state index is 0.476. The molecule has 1 saturated carbocycles. The largest absolute Gasteiger partial charge is 0.324 e. The van der Waals surface area contributed by atoms with Gasteiger partial charge in [-0.1, -0.05) is 29.8 Å². The van der Waals surface area contributed by atoms with Crippen LogP contribution >= 0.6 is 27.5 Å². The number of nitrogens with zero attached hydrogens (tertiary/aromatic N) is 2. The molecule has 0 aliphatic heterocycles. The van der Waals surface area contributed by atoms with Crippen molar-refractivity contribution in [3.63, 3.8) is 0 Å². The molecule has 0 saturated heterocycles. The third kappa shape index (κ3) is 2.21. The van der Waals surface area contributed by atoms with Crippen LogP contribution < -0.4 is 0 Å². The Balaban J connectivity index is 2.16. The first-order chi connectivity index (χ1) is 9.11. The lowest BCUT2D eigenvalue weighted by molar-refractivity contribution is 0.354. The van der Waals surface area contributed by atoms with Gasteiger partial charge in [0.1, 0.15) is 5.82 Å². The molecule has 1 heterocycles. The van der Waals surface area contributed by atoms with Gasteiger partial charge in [0, 0.05) is 10.5 Å². The molecule has 0 radical (unpaired) electrons. The van der Waals surface area contributed by atoms with Crippen molar-refractivity contribution in [3.05, 3.63) is 28.5 Å². The monoisotopic (exact) mass is 340 g/mol. The number of aromatic nitrogens is 2. The molecule has 3 rings (SSSR count). The van der Waals surface area contributed by atoms with Crippen molar-refractivity contribution in [3.8, 4) is 0 Å². The van der Waals surface area contributed by atoms with Crippen LogP contribution in [0.5, 0.6) is 0 Å². The Hall–Kier alpha value is -0.540. The van der Waals surface area contributed by atoms with Crippen LogP contribution in [-0.4, -0.2) is 9.55 Å². The van der Waals surface area contributed by atoms with Crippen LogP contribution in [-0.2, 0) is 5.88 Å². The van der Waals surface area contributed by atoms with Gasteiger partial charge in [-0.2, -0.15) is 0 Å². The molecule has 1 aromatic carbocycles. The van der Waals surface area contributed by atoms with Gasteiger partial charge in [0.25, 0.3) is 0 Å². The summed E-state index contributed by atoms with van der Waals surface area (Å²) in [5, 5.41) is 0. The molecule has 0 amide bonds. The van der Waals surface area contributed by atoms with E-state index in [9.17, 15) is 0 Å². The van der Waals surface area contributed by atoms with Gasteiger partial charge in [-0.25, -0.2) is 4.98 Å². The Morgan fingerprint density at radius 2 is 2.16 bits per heavy atom. The quantitative estimate of drug-likeness (QED) is 0.691. The molecule has 2 nitrogen and oxygen atoms in total. The van der Waals surface area contributed by atoms with Crippen molar-refractivity contribution < 1.29 is 0 Å². The SMILES string of the molecule is CC1CCC(n2c(CCl)nc3cc(Br)ccc32)C1C. The van der Waals surface area contributed by atoms with Crippen LogP contribution in [0.3, 0.4) is 0 Å². The topological polar surface area (TPSA) is 17.8 Å². The lowest BCUT2D eigenvalue weighted by Gasteiger charge is -2.22. The summed E-state index contributed by atoms with van der Waals surface area (Å²) in [4.78, 5) is 4.70. The predicted octanol–water partition coefficient (Wildman–Crippen LogP) is 5.14. The van der Waals surface area contributed by atoms with Gasteiger partial charge in [0.2, 0.25) is 0 Å². The molecule has 1 aromatic heterocycles. The molecule has 0 spiro atoms. The zero-order chi connectivity index (χ0) is 13.6. The van der Waals surface area contributed by atoms with E-state index < -0.39 is 0 Å². The molecule has 1 aliphatic carbocycles. The third-order valence-corrected chi connectivity index (χ3v) is 5.33. The van der Waals surface area contributed by atoms with Crippen molar-refractivity contribution in [1.29, 1.82) is 0 Å². The number of benzene rings is 1. The summed E-state index contributed by atoms with van der Waals surface area (Å²) in [6.07, 6.45) is 2.53. The van der Waals surface area contributed by atoms with Crippen LogP contribution in [0, 0.1) is 11.8 Å². The average Bonchev–Trinajstić information content (AvgIpc) is 2.90. The Morgan fingerprint density at radius 1 is 1.37 bits per heavy atom. The highest BCUT2D eigenvalue weighted by atomic mass is 79.9. The first kappa shape index (κ1) is 13.4. The van der Waals surface area contributed by atoms with Crippen LogP contribution in [0.2, 0.25) is 0 Å². The molecule has 2 aromatic rings. The van der Waals surface area contributed by atoms with Gasteiger partial charge >= 0.3 is 0 Å². The molecule has 1 fully saturated rings. The number of rotatable bonds is 2. The zero-order valence-electron chi connectivity index (χ0n) is 11.2. The summed E-state index contributed by atoms with van der Waals surface area (Å²) >= 11 is 9.62. The normalized spacial score (nSPS) is 27.3. The summed E-state index contributed by atoms with van der Waals surface area (Å²) in [6.45, 7) is 4.70. The molecule has 19 heavy (non-hydrogen) atoms. The third-order valence-electron chi connectivity index (χ3n) is 4.60. The van der Waals surface area contributed by atoms with Gasteiger partial charge < -0.3 is 4.57 Å². The van der Waals surface area contributed by atoms with E-state index >= 15 is 0 Å². The Morgan fingerprint density at radius 3 is 2.79 bits per heavy atom. The molecule has 0 bridgehead atoms. The highest BCUT2D eigenvalue weighted by Crippen LogP contribution is 2.42. The van der Waals surface area contributed by atoms with E-state index in [1.807, 2.05) is 0 Å². The second-order valence-corrected chi connectivity index (χ2v) is 6.83. The molecule has 1 aliphatic rings. The Bertz CT molecular complexity index is 607. The number of imidazole rings is 1. The van der Waals surface area contributed by atoms with Crippen molar-refractivity contribution in [2.75, 3.05) is 0 Å². The van der Waals surface area contributed by atoms with E-state index in [-0.39, 0.29) is 0 Å². The van der Waals surface area contributed by atoms with E-state index in [0.717, 1.165) is 21.7 Å². The highest BCUT2D eigenvalue weighted by Gasteiger charge is 2.33. The van der Waals surface area contributed by atoms with Crippen LogP contribution in [0.25, 0.3) is 11.0 Å². The van der Waals surface area contributed by atoms with Gasteiger partial charge in [-0.15, -0.1) is 11.6 Å². The van der Waals surface area contributed by atoms with Crippen LogP contribution in [0.4, 0.5) is 0 Å². The molecule has 3 atom stereocenters. The van der Waals surface area contributed by atoms with Crippen LogP contribution in [0.15, 0.2) is 22.7 Å². The number of hydrogen-bond acceptors (Lipinski definition) is 1. The summed E-state index contributed by atoms with van der Waals surface area (Å²) in [6, 6.07) is 6.85. The fourth-order valence-electron chi connectivity index (χ4n) is 3.29. The van der Waals surface area contributed by atoms with Crippen molar-refractivity contribution in [2.24, 2.45) is 11.8 Å². The van der Waals surface area contributed by atoms with Crippen molar-refractivity contribution in [1.82, 2.24) is 9.55 Å². The van der Waals surface area contributed by atoms with E-state index in [4.69, 9.17) is 16.6 Å². The fourth-order valence-corrected chi connectivity index (χ4v) is 3.83. The average molecular weight is 342 g/mol. The maximum absolute atomic E-state index is 6.11. The molecular weight excluding hydrogens is 324 g/mol. The van der Waals surface area contributed by atoms with Gasteiger partial charge in [-0.3, -0.25) is 0 Å². The first-order valence-corrected chi connectivity index (χ1v) is 8.17. The van der Waals surface area contributed by atoms with Crippen LogP contribution in [0.1, 0.15) is 38.6 Å². The summed E-state index contributed by atoms with van der Waals surface area (Å²) < 4.78 is 3.45. The van der Waals surface area contributed by atoms with E-state index in [0.29, 0.717) is 17.8 Å². The molecule has 102 valence electrons. The number of fused-ring (bicyclic) bond motifs is 1. The molecular formula is C15H18BrClN2. The number of halogens is 2. The second-order valence-electron chi connectivity index (χ2n) is 5.65. The number of alkyl halides is 1. The maximum atomic E-state index is 6.11. The number of hydrogen-bond donors (Lipinski definition) is 0. The second kappa shape index (κ2) is 5.10. The predicted molar refractivity (Wildman–Crippen MR) is 83.6 cm³/mol. The van der Waals surface area contributed by atoms with Crippen molar-refractivity contribution >= 4 is 38.6 Å². The molecule has 0 N–H and O–H groups in total. The summed E-state index contributed by atoms with van der Waals surface area (Å²) in [7, 11) is 0. The molecule has 3 unspecified atom stereocenters. The Labute approximate surface area is 127 Å². The van der Waals surface area contributed by atoms with E-state index in [2.05, 4.69) is 52.5 Å². The standard InChI is InChI=1S/C15H18BrClN2/c1-9-3-5-13(10(9)2)19-14-6-4-11(16)7-12(14)18-15(19)8-17/h4,6-7,9-10,13H,3,5,8H2,1-2H3. The fraction of sp³-hybridized carbons (Fsp3) is 0.533. The lowest BCUT2D eigenvalue weighted by Crippen LogP contribution is -2.16. The summed E-state index contributed by atoms with van der Waals surface area (Å²) in [5.41, 5.74) is 2.25. The molecule has 4 heteroatoms. The lowest BCUT2D eigenvalue weighted by atomic mass is 9.97.